The standard InChI is InChI=1S/C12H22N2O/c1-9(15)13-14-11-7-5-10(6-8-11)12(2,3)4/h10H,5-8H2,1-4H3,(H,13,15). The average molecular weight is 210 g/mol. The van der Waals surface area contributed by atoms with Gasteiger partial charge in [-0.15, -0.1) is 0 Å². The zero-order valence-electron chi connectivity index (χ0n) is 10.3. The number of nitrogens with zero attached hydrogens (tertiary/aromatic N) is 1. The lowest BCUT2D eigenvalue weighted by atomic mass is 9.72. The van der Waals surface area contributed by atoms with Crippen molar-refractivity contribution >= 4 is 11.6 Å². The summed E-state index contributed by atoms with van der Waals surface area (Å²) in [6.07, 6.45) is 4.45. The van der Waals surface area contributed by atoms with Crippen molar-refractivity contribution in [3.8, 4) is 0 Å². The van der Waals surface area contributed by atoms with Crippen molar-refractivity contribution in [2.24, 2.45) is 16.4 Å². The molecule has 0 aromatic carbocycles. The van der Waals surface area contributed by atoms with E-state index in [0.717, 1.165) is 24.5 Å². The van der Waals surface area contributed by atoms with E-state index in [1.165, 1.54) is 19.8 Å². The Labute approximate surface area is 92.3 Å². The molecule has 1 saturated carbocycles. The maximum absolute atomic E-state index is 10.7. The molecule has 1 fully saturated rings. The topological polar surface area (TPSA) is 41.5 Å². The molecule has 1 N–H and O–H groups in total. The SMILES string of the molecule is CC(=O)NN=C1CCC(C(C)(C)C)CC1. The Kier molecular flexibility index (Phi) is 3.89. The van der Waals surface area contributed by atoms with Crippen molar-refractivity contribution in [1.82, 2.24) is 5.43 Å². The molecule has 0 spiro atoms. The van der Waals surface area contributed by atoms with Crippen molar-refractivity contribution < 1.29 is 4.79 Å². The highest BCUT2D eigenvalue weighted by molar-refractivity contribution is 5.86. The molecule has 0 aromatic rings. The molecule has 0 aromatic heterocycles. The number of hydrogen-bond acceptors (Lipinski definition) is 2. The maximum Gasteiger partial charge on any atom is 0.236 e. The summed E-state index contributed by atoms with van der Waals surface area (Å²) < 4.78 is 0. The van der Waals surface area contributed by atoms with Crippen LogP contribution in [0.4, 0.5) is 0 Å². The van der Waals surface area contributed by atoms with Gasteiger partial charge in [0.05, 0.1) is 0 Å². The van der Waals surface area contributed by atoms with Crippen molar-refractivity contribution in [3.05, 3.63) is 0 Å². The second kappa shape index (κ2) is 4.77. The molecule has 0 atom stereocenters. The first kappa shape index (κ1) is 12.2. The molecular weight excluding hydrogens is 188 g/mol. The zero-order chi connectivity index (χ0) is 11.5. The Balaban J connectivity index is 2.42. The minimum Gasteiger partial charge on any atom is -0.274 e. The van der Waals surface area contributed by atoms with Crippen LogP contribution in [0.5, 0.6) is 0 Å². The monoisotopic (exact) mass is 210 g/mol. The first-order valence-electron chi connectivity index (χ1n) is 5.71. The Bertz CT molecular complexity index is 253. The molecule has 1 rings (SSSR count). The highest BCUT2D eigenvalue weighted by Crippen LogP contribution is 2.36. The van der Waals surface area contributed by atoms with E-state index in [-0.39, 0.29) is 5.91 Å². The molecule has 0 saturated heterocycles. The van der Waals surface area contributed by atoms with Crippen molar-refractivity contribution in [3.63, 3.8) is 0 Å². The molecule has 0 unspecified atom stereocenters. The average Bonchev–Trinajstić information content (AvgIpc) is 2.14. The molecule has 0 bridgehead atoms. The largest absolute Gasteiger partial charge is 0.274 e. The summed E-state index contributed by atoms with van der Waals surface area (Å²) in [4.78, 5) is 10.7. The summed E-state index contributed by atoms with van der Waals surface area (Å²) in [6, 6.07) is 0. The number of rotatable bonds is 1. The molecule has 15 heavy (non-hydrogen) atoms. The number of hydrazone groups is 1. The highest BCUT2D eigenvalue weighted by atomic mass is 16.2. The fraction of sp³-hybridized carbons (Fsp3) is 0.833. The Hall–Kier alpha value is -0.860. The van der Waals surface area contributed by atoms with Gasteiger partial charge in [-0.2, -0.15) is 5.10 Å². The summed E-state index contributed by atoms with van der Waals surface area (Å²) in [7, 11) is 0. The molecule has 0 radical (unpaired) electrons. The lowest BCUT2D eigenvalue weighted by molar-refractivity contribution is -0.118. The summed E-state index contributed by atoms with van der Waals surface area (Å²) in [5.74, 6) is 0.703. The Morgan fingerprint density at radius 1 is 1.33 bits per heavy atom. The Morgan fingerprint density at radius 3 is 2.27 bits per heavy atom. The van der Waals surface area contributed by atoms with Gasteiger partial charge < -0.3 is 0 Å². The smallest absolute Gasteiger partial charge is 0.236 e. The van der Waals surface area contributed by atoms with Gasteiger partial charge in [0, 0.05) is 12.6 Å². The van der Waals surface area contributed by atoms with Gasteiger partial charge in [-0.3, -0.25) is 4.79 Å². The van der Waals surface area contributed by atoms with Crippen LogP contribution in [-0.2, 0) is 4.79 Å². The van der Waals surface area contributed by atoms with E-state index in [2.05, 4.69) is 31.3 Å². The minimum atomic E-state index is -0.0829. The summed E-state index contributed by atoms with van der Waals surface area (Å²) in [6.45, 7) is 8.39. The third-order valence-corrected chi connectivity index (χ3v) is 3.16. The molecule has 3 heteroatoms. The van der Waals surface area contributed by atoms with Gasteiger partial charge in [0.2, 0.25) is 5.91 Å². The van der Waals surface area contributed by atoms with E-state index in [9.17, 15) is 4.79 Å². The molecular formula is C12H22N2O. The first-order chi connectivity index (χ1) is 6.89. The number of carbonyl (C=O) groups is 1. The van der Waals surface area contributed by atoms with Crippen LogP contribution in [0.1, 0.15) is 53.4 Å². The third kappa shape index (κ3) is 4.02. The second-order valence-electron chi connectivity index (χ2n) is 5.49. The molecule has 0 aliphatic heterocycles. The summed E-state index contributed by atoms with van der Waals surface area (Å²) >= 11 is 0. The van der Waals surface area contributed by atoms with Crippen LogP contribution in [-0.4, -0.2) is 11.6 Å². The maximum atomic E-state index is 10.7. The van der Waals surface area contributed by atoms with Crippen molar-refractivity contribution in [2.75, 3.05) is 0 Å². The van der Waals surface area contributed by atoms with Gasteiger partial charge >= 0.3 is 0 Å². The van der Waals surface area contributed by atoms with Gasteiger partial charge in [-0.1, -0.05) is 20.8 Å². The normalized spacial score (nSPS) is 22.4. The molecule has 0 heterocycles. The van der Waals surface area contributed by atoms with Gasteiger partial charge in [0.1, 0.15) is 0 Å². The fourth-order valence-electron chi connectivity index (χ4n) is 2.09. The quantitative estimate of drug-likeness (QED) is 0.664. The lowest BCUT2D eigenvalue weighted by Crippen LogP contribution is -2.27. The lowest BCUT2D eigenvalue weighted by Gasteiger charge is -2.34. The molecule has 86 valence electrons. The van der Waals surface area contributed by atoms with Gasteiger partial charge in [-0.25, -0.2) is 5.43 Å². The van der Waals surface area contributed by atoms with Crippen LogP contribution in [0.25, 0.3) is 0 Å². The van der Waals surface area contributed by atoms with Crippen LogP contribution >= 0.6 is 0 Å². The van der Waals surface area contributed by atoms with E-state index in [1.54, 1.807) is 0 Å². The van der Waals surface area contributed by atoms with E-state index in [4.69, 9.17) is 0 Å². The van der Waals surface area contributed by atoms with Crippen LogP contribution in [0, 0.1) is 11.3 Å². The van der Waals surface area contributed by atoms with Gasteiger partial charge in [0.15, 0.2) is 0 Å². The number of amides is 1. The van der Waals surface area contributed by atoms with E-state index in [1.807, 2.05) is 0 Å². The van der Waals surface area contributed by atoms with Crippen molar-refractivity contribution in [2.45, 2.75) is 53.4 Å². The highest BCUT2D eigenvalue weighted by Gasteiger charge is 2.27. The van der Waals surface area contributed by atoms with E-state index in [0.29, 0.717) is 5.41 Å². The van der Waals surface area contributed by atoms with Gasteiger partial charge in [-0.05, 0) is 37.0 Å². The molecule has 1 aliphatic carbocycles. The number of hydrogen-bond donors (Lipinski definition) is 1. The predicted molar refractivity (Wildman–Crippen MR) is 62.7 cm³/mol. The van der Waals surface area contributed by atoms with E-state index < -0.39 is 0 Å². The van der Waals surface area contributed by atoms with Gasteiger partial charge in [0.25, 0.3) is 0 Å². The second-order valence-corrected chi connectivity index (χ2v) is 5.49. The van der Waals surface area contributed by atoms with Crippen LogP contribution in [0.15, 0.2) is 5.10 Å². The predicted octanol–water partition coefficient (Wildman–Crippen LogP) is 2.71. The van der Waals surface area contributed by atoms with Crippen LogP contribution in [0.3, 0.4) is 0 Å². The Morgan fingerprint density at radius 2 is 1.87 bits per heavy atom. The van der Waals surface area contributed by atoms with Crippen LogP contribution < -0.4 is 5.43 Å². The summed E-state index contributed by atoms with van der Waals surface area (Å²) in [5.41, 5.74) is 4.06. The first-order valence-corrected chi connectivity index (χ1v) is 5.71. The van der Waals surface area contributed by atoms with Crippen molar-refractivity contribution in [1.29, 1.82) is 0 Å². The van der Waals surface area contributed by atoms with Crippen LogP contribution in [0.2, 0.25) is 0 Å². The zero-order valence-corrected chi connectivity index (χ0v) is 10.3. The number of nitrogens with one attached hydrogen (secondary N) is 1. The minimum absolute atomic E-state index is 0.0829. The van der Waals surface area contributed by atoms with E-state index >= 15 is 0 Å². The fourth-order valence-corrected chi connectivity index (χ4v) is 2.09. The third-order valence-electron chi connectivity index (χ3n) is 3.16. The number of carbonyl (C=O) groups excluding carboxylic acids is 1. The molecule has 3 nitrogen and oxygen atoms in total. The summed E-state index contributed by atoms with van der Waals surface area (Å²) in [5, 5.41) is 4.12. The molecule has 1 aliphatic rings. The molecule has 1 amide bonds.